The lowest BCUT2D eigenvalue weighted by Crippen LogP contribution is -2.49. The van der Waals surface area contributed by atoms with Crippen molar-refractivity contribution >= 4 is 34.0 Å². The van der Waals surface area contributed by atoms with Crippen LogP contribution < -0.4 is 0 Å². The van der Waals surface area contributed by atoms with Gasteiger partial charge >= 0.3 is 23.9 Å². The first kappa shape index (κ1) is 35.2. The summed E-state index contributed by atoms with van der Waals surface area (Å²) in [5.74, 6) is -2.30. The van der Waals surface area contributed by atoms with Crippen molar-refractivity contribution in [1.82, 2.24) is 0 Å². The molecule has 1 N–H and O–H groups in total. The van der Waals surface area contributed by atoms with Crippen LogP contribution in [0, 0.1) is 0 Å². The molecule has 0 aromatic rings. The van der Waals surface area contributed by atoms with Crippen LogP contribution in [0.15, 0.2) is 24.3 Å². The molecule has 0 aliphatic carbocycles. The fourth-order valence-electron chi connectivity index (χ4n) is 3.03. The highest BCUT2D eigenvalue weighted by molar-refractivity contribution is 7.85. The van der Waals surface area contributed by atoms with E-state index in [0.717, 1.165) is 0 Å². The summed E-state index contributed by atoms with van der Waals surface area (Å²) in [5, 5.41) is 0. The highest BCUT2D eigenvalue weighted by Crippen LogP contribution is 2.09. The summed E-state index contributed by atoms with van der Waals surface area (Å²) in [5.41, 5.74) is 0.548. The quantitative estimate of drug-likeness (QED) is 0.0542. The molecule has 0 unspecified atom stereocenters. The lowest BCUT2D eigenvalue weighted by molar-refractivity contribution is -0.910. The zero-order valence-corrected chi connectivity index (χ0v) is 23.5. The van der Waals surface area contributed by atoms with Gasteiger partial charge in [-0.3, -0.25) is 14.1 Å². The third-order valence-corrected chi connectivity index (χ3v) is 6.16. The molecule has 0 fully saturated rings. The molecule has 0 aromatic carbocycles. The first-order valence-electron chi connectivity index (χ1n) is 12.4. The predicted molar refractivity (Wildman–Crippen MR) is 138 cm³/mol. The standard InChI is InChI=1S/C25H41NO11S/c1-20(2)24(29)36-15-8-10-22(27)34-17-13-26(5,12-6-7-19-38(31,32)33)14-18-35-23(28)11-9-16-37-25(30)21(3)4/h1,3,6-19H2,2,4-5H3/p+1. The lowest BCUT2D eigenvalue weighted by Gasteiger charge is -2.34. The molecule has 218 valence electrons. The summed E-state index contributed by atoms with van der Waals surface area (Å²) in [6.07, 6.45) is 1.48. The van der Waals surface area contributed by atoms with Crippen molar-refractivity contribution in [2.24, 2.45) is 0 Å². The predicted octanol–water partition coefficient (Wildman–Crippen LogP) is 1.99. The highest BCUT2D eigenvalue weighted by Gasteiger charge is 2.23. The van der Waals surface area contributed by atoms with E-state index in [0.29, 0.717) is 43.4 Å². The monoisotopic (exact) mass is 564 g/mol. The van der Waals surface area contributed by atoms with Crippen molar-refractivity contribution in [2.45, 2.75) is 52.4 Å². The van der Waals surface area contributed by atoms with E-state index in [1.807, 2.05) is 7.05 Å². The van der Waals surface area contributed by atoms with Gasteiger partial charge in [-0.2, -0.15) is 8.42 Å². The molecule has 0 rings (SSSR count). The van der Waals surface area contributed by atoms with Gasteiger partial charge in [-0.25, -0.2) is 9.59 Å². The van der Waals surface area contributed by atoms with Gasteiger partial charge in [0.25, 0.3) is 10.1 Å². The van der Waals surface area contributed by atoms with Crippen molar-refractivity contribution < 1.29 is 55.6 Å². The average Bonchev–Trinajstić information content (AvgIpc) is 2.81. The number of quaternary nitrogens is 1. The number of carbonyl (C=O) groups is 4. The SMILES string of the molecule is C=C(C)C(=O)OCCCC(=O)OCC[N+](C)(CCCCS(=O)(=O)O)CCOC(=O)CCCOC(=O)C(=C)C. The highest BCUT2D eigenvalue weighted by atomic mass is 32.2. The van der Waals surface area contributed by atoms with Gasteiger partial charge in [-0.1, -0.05) is 13.2 Å². The Hall–Kier alpha value is -2.77. The summed E-state index contributed by atoms with van der Waals surface area (Å²) in [4.78, 5) is 46.7. The van der Waals surface area contributed by atoms with Crippen LogP contribution in [0.2, 0.25) is 0 Å². The number of hydrogen-bond donors (Lipinski definition) is 1. The second-order valence-electron chi connectivity index (χ2n) is 9.26. The van der Waals surface area contributed by atoms with Crippen LogP contribution >= 0.6 is 0 Å². The summed E-state index contributed by atoms with van der Waals surface area (Å²) in [6, 6.07) is 0. The van der Waals surface area contributed by atoms with Crippen molar-refractivity contribution in [3.8, 4) is 0 Å². The molecule has 0 aliphatic rings. The summed E-state index contributed by atoms with van der Waals surface area (Å²) in [6.45, 7) is 11.6. The fourth-order valence-corrected chi connectivity index (χ4v) is 3.60. The lowest BCUT2D eigenvalue weighted by atomic mass is 10.2. The Morgan fingerprint density at radius 1 is 0.684 bits per heavy atom. The minimum atomic E-state index is -4.06. The third kappa shape index (κ3) is 19.4. The van der Waals surface area contributed by atoms with E-state index in [2.05, 4.69) is 13.2 Å². The first-order chi connectivity index (χ1) is 17.6. The van der Waals surface area contributed by atoms with Gasteiger partial charge in [0, 0.05) is 24.0 Å². The summed E-state index contributed by atoms with van der Waals surface area (Å²) in [7, 11) is -2.19. The molecule has 38 heavy (non-hydrogen) atoms. The van der Waals surface area contributed by atoms with E-state index < -0.39 is 34.0 Å². The normalized spacial score (nSPS) is 11.4. The molecule has 13 heteroatoms. The zero-order chi connectivity index (χ0) is 29.2. The molecule has 0 bridgehead atoms. The number of nitrogens with zero attached hydrogens (tertiary/aromatic N) is 1. The molecule has 0 saturated heterocycles. The molecular formula is C25H42NO11S+. The third-order valence-electron chi connectivity index (χ3n) is 5.35. The maximum Gasteiger partial charge on any atom is 0.333 e. The molecule has 0 aromatic heterocycles. The van der Waals surface area contributed by atoms with Gasteiger partial charge in [0.1, 0.15) is 26.3 Å². The van der Waals surface area contributed by atoms with Crippen molar-refractivity contribution in [1.29, 1.82) is 0 Å². The molecule has 0 spiro atoms. The van der Waals surface area contributed by atoms with E-state index in [1.165, 1.54) is 13.8 Å². The Kier molecular flexibility index (Phi) is 17.1. The summed E-state index contributed by atoms with van der Waals surface area (Å²) >= 11 is 0. The molecule has 0 atom stereocenters. The number of carbonyl (C=O) groups excluding carboxylic acids is 4. The number of esters is 4. The minimum Gasteiger partial charge on any atom is -0.462 e. The second-order valence-corrected chi connectivity index (χ2v) is 10.8. The topological polar surface area (TPSA) is 160 Å². The van der Waals surface area contributed by atoms with Gasteiger partial charge in [0.05, 0.1) is 32.6 Å². The van der Waals surface area contributed by atoms with Crippen LogP contribution in [0.5, 0.6) is 0 Å². The van der Waals surface area contributed by atoms with E-state index in [9.17, 15) is 27.6 Å². The van der Waals surface area contributed by atoms with Crippen LogP contribution in [0.4, 0.5) is 0 Å². The maximum atomic E-state index is 12.0. The van der Waals surface area contributed by atoms with Crippen LogP contribution in [0.1, 0.15) is 52.4 Å². The van der Waals surface area contributed by atoms with E-state index in [-0.39, 0.29) is 62.6 Å². The van der Waals surface area contributed by atoms with Crippen LogP contribution in [0.3, 0.4) is 0 Å². The van der Waals surface area contributed by atoms with Gasteiger partial charge < -0.3 is 23.4 Å². The smallest absolute Gasteiger partial charge is 0.333 e. The number of rotatable bonds is 21. The molecule has 0 heterocycles. The van der Waals surface area contributed by atoms with Crippen molar-refractivity contribution in [3.63, 3.8) is 0 Å². The van der Waals surface area contributed by atoms with Gasteiger partial charge in [-0.15, -0.1) is 0 Å². The zero-order valence-electron chi connectivity index (χ0n) is 22.7. The van der Waals surface area contributed by atoms with Gasteiger partial charge in [-0.05, 0) is 39.5 Å². The fraction of sp³-hybridized carbons (Fsp3) is 0.680. The Labute approximate surface area is 225 Å². The second kappa shape index (κ2) is 18.5. The summed E-state index contributed by atoms with van der Waals surface area (Å²) < 4.78 is 51.6. The number of unbranched alkanes of at least 4 members (excludes halogenated alkanes) is 1. The molecular weight excluding hydrogens is 522 g/mol. The number of hydrogen-bond acceptors (Lipinski definition) is 10. The largest absolute Gasteiger partial charge is 0.462 e. The van der Waals surface area contributed by atoms with Crippen LogP contribution in [-0.4, -0.2) is 100 Å². The Bertz CT molecular complexity index is 876. The molecule has 0 aliphatic heterocycles. The molecule has 0 radical (unpaired) electrons. The Balaban J connectivity index is 4.56. The van der Waals surface area contributed by atoms with Crippen molar-refractivity contribution in [2.75, 3.05) is 58.9 Å². The Morgan fingerprint density at radius 3 is 1.47 bits per heavy atom. The van der Waals surface area contributed by atoms with E-state index in [1.54, 1.807) is 0 Å². The maximum absolute atomic E-state index is 12.0. The van der Waals surface area contributed by atoms with E-state index >= 15 is 0 Å². The first-order valence-corrected chi connectivity index (χ1v) is 14.0. The number of ether oxygens (including phenoxy) is 4. The van der Waals surface area contributed by atoms with Crippen molar-refractivity contribution in [3.05, 3.63) is 24.3 Å². The number of likely N-dealkylation sites (N-methyl/N-ethyl adjacent to an activating group) is 1. The van der Waals surface area contributed by atoms with Crippen LogP contribution in [0.25, 0.3) is 0 Å². The molecule has 0 saturated carbocycles. The Morgan fingerprint density at radius 2 is 1.11 bits per heavy atom. The average molecular weight is 565 g/mol. The van der Waals surface area contributed by atoms with E-state index in [4.69, 9.17) is 23.5 Å². The van der Waals surface area contributed by atoms with Crippen LogP contribution in [-0.2, 0) is 48.2 Å². The van der Waals surface area contributed by atoms with Gasteiger partial charge in [0.2, 0.25) is 0 Å². The minimum absolute atomic E-state index is 0.0703. The van der Waals surface area contributed by atoms with Gasteiger partial charge in [0.15, 0.2) is 0 Å². The molecule has 12 nitrogen and oxygen atoms in total. The molecule has 0 amide bonds.